The molecule has 172 valence electrons. The SMILES string of the molecule is CN1CCC(N2C[C@H]3C[C@H](C2)c2ccc(NS(=O)(=O)c4ccc(Cl)cc4)c(=O)n2C3)CC1. The molecule has 3 aliphatic heterocycles. The van der Waals surface area contributed by atoms with Crippen molar-refractivity contribution in [3.63, 3.8) is 0 Å². The van der Waals surface area contributed by atoms with Crippen LogP contribution in [0.25, 0.3) is 0 Å². The largest absolute Gasteiger partial charge is 0.310 e. The van der Waals surface area contributed by atoms with E-state index in [0.717, 1.165) is 38.3 Å². The van der Waals surface area contributed by atoms with Gasteiger partial charge in [-0.3, -0.25) is 14.4 Å². The van der Waals surface area contributed by atoms with E-state index in [1.54, 1.807) is 10.6 Å². The lowest BCUT2D eigenvalue weighted by Crippen LogP contribution is -2.53. The number of nitrogens with one attached hydrogen (secondary N) is 1. The van der Waals surface area contributed by atoms with Gasteiger partial charge in [-0.25, -0.2) is 8.42 Å². The van der Waals surface area contributed by atoms with Gasteiger partial charge in [0.15, 0.2) is 0 Å². The molecule has 2 fully saturated rings. The molecule has 5 rings (SSSR count). The van der Waals surface area contributed by atoms with E-state index in [4.69, 9.17) is 11.6 Å². The van der Waals surface area contributed by atoms with Gasteiger partial charge in [-0.2, -0.15) is 0 Å². The van der Waals surface area contributed by atoms with Gasteiger partial charge in [-0.1, -0.05) is 11.6 Å². The van der Waals surface area contributed by atoms with Gasteiger partial charge in [0.25, 0.3) is 15.6 Å². The normalized spacial score (nSPS) is 24.8. The first kappa shape index (κ1) is 21.9. The molecule has 0 radical (unpaired) electrons. The summed E-state index contributed by atoms with van der Waals surface area (Å²) < 4.78 is 29.8. The average molecular weight is 477 g/mol. The summed E-state index contributed by atoms with van der Waals surface area (Å²) in [6.45, 7) is 4.91. The lowest BCUT2D eigenvalue weighted by molar-refractivity contribution is 0.0517. The average Bonchev–Trinajstić information content (AvgIpc) is 2.76. The zero-order chi connectivity index (χ0) is 22.5. The number of rotatable bonds is 4. The molecule has 0 aliphatic carbocycles. The Morgan fingerprint density at radius 1 is 1.00 bits per heavy atom. The highest BCUT2D eigenvalue weighted by Crippen LogP contribution is 2.37. The van der Waals surface area contributed by atoms with Gasteiger partial charge in [-0.05, 0) is 81.7 Å². The number of fused-ring (bicyclic) bond motifs is 4. The van der Waals surface area contributed by atoms with Crippen LogP contribution in [-0.4, -0.2) is 62.1 Å². The highest BCUT2D eigenvalue weighted by Gasteiger charge is 2.38. The first-order chi connectivity index (χ1) is 15.3. The fraction of sp³-hybridized carbons (Fsp3) is 0.522. The van der Waals surface area contributed by atoms with Crippen LogP contribution in [0, 0.1) is 5.92 Å². The Morgan fingerprint density at radius 2 is 1.72 bits per heavy atom. The van der Waals surface area contributed by atoms with Crippen LogP contribution in [0.2, 0.25) is 5.02 Å². The van der Waals surface area contributed by atoms with E-state index >= 15 is 0 Å². The Bertz CT molecular complexity index is 1160. The Labute approximate surface area is 194 Å². The molecule has 9 heteroatoms. The van der Waals surface area contributed by atoms with E-state index in [2.05, 4.69) is 21.6 Å². The molecule has 2 atom stereocenters. The number of hydrogen-bond acceptors (Lipinski definition) is 5. The molecule has 7 nitrogen and oxygen atoms in total. The fourth-order valence-corrected chi connectivity index (χ4v) is 6.72. The van der Waals surface area contributed by atoms with Crippen molar-refractivity contribution in [2.45, 2.75) is 42.7 Å². The minimum atomic E-state index is -3.86. The van der Waals surface area contributed by atoms with E-state index in [0.29, 0.717) is 29.4 Å². The van der Waals surface area contributed by atoms with Crippen molar-refractivity contribution in [3.8, 4) is 0 Å². The predicted molar refractivity (Wildman–Crippen MR) is 126 cm³/mol. The van der Waals surface area contributed by atoms with Crippen LogP contribution in [0.3, 0.4) is 0 Å². The number of nitrogens with zero attached hydrogens (tertiary/aromatic N) is 3. The third-order valence-electron chi connectivity index (χ3n) is 7.21. The number of sulfonamides is 1. The van der Waals surface area contributed by atoms with Gasteiger partial charge < -0.3 is 9.47 Å². The molecule has 0 saturated carbocycles. The molecule has 2 bridgehead atoms. The summed E-state index contributed by atoms with van der Waals surface area (Å²) in [6.07, 6.45) is 3.50. The summed E-state index contributed by atoms with van der Waals surface area (Å²) in [5, 5.41) is 0.457. The molecule has 0 spiro atoms. The van der Waals surface area contributed by atoms with Gasteiger partial charge in [-0.15, -0.1) is 0 Å². The molecule has 1 aromatic heterocycles. The van der Waals surface area contributed by atoms with Crippen LogP contribution in [0.15, 0.2) is 46.1 Å². The predicted octanol–water partition coefficient (Wildman–Crippen LogP) is 2.82. The van der Waals surface area contributed by atoms with Gasteiger partial charge in [0.1, 0.15) is 5.69 Å². The van der Waals surface area contributed by atoms with Crippen LogP contribution in [-0.2, 0) is 16.6 Å². The van der Waals surface area contributed by atoms with Gasteiger partial charge >= 0.3 is 0 Å². The molecule has 3 aliphatic rings. The number of halogens is 1. The fourth-order valence-electron chi connectivity index (χ4n) is 5.54. The first-order valence-corrected chi connectivity index (χ1v) is 13.1. The standard InChI is InChI=1S/C23H29ClN4O3S/c1-26-10-8-19(9-11-26)27-13-16-12-17(15-27)22-7-6-21(23(29)28(22)14-16)25-32(30,31)20-4-2-18(24)3-5-20/h2-7,16-17,19,25H,8-15H2,1H3/t16-,17-/m1/s1. The number of aromatic nitrogens is 1. The molecular weight excluding hydrogens is 448 g/mol. The summed E-state index contributed by atoms with van der Waals surface area (Å²) >= 11 is 5.87. The maximum atomic E-state index is 13.2. The maximum absolute atomic E-state index is 13.2. The molecule has 32 heavy (non-hydrogen) atoms. The van der Waals surface area contributed by atoms with Crippen LogP contribution in [0.1, 0.15) is 30.9 Å². The van der Waals surface area contributed by atoms with E-state index in [1.807, 2.05) is 6.07 Å². The number of pyridine rings is 1. The van der Waals surface area contributed by atoms with E-state index < -0.39 is 10.0 Å². The second-order valence-electron chi connectivity index (χ2n) is 9.43. The third kappa shape index (κ3) is 4.21. The van der Waals surface area contributed by atoms with Gasteiger partial charge in [0, 0.05) is 42.3 Å². The molecule has 2 aromatic rings. The molecule has 2 saturated heterocycles. The molecule has 1 N–H and O–H groups in total. The Hall–Kier alpha value is -1.87. The van der Waals surface area contributed by atoms with Crippen molar-refractivity contribution in [2.24, 2.45) is 5.92 Å². The quantitative estimate of drug-likeness (QED) is 0.734. The lowest BCUT2D eigenvalue weighted by Gasteiger charge is -2.47. The summed E-state index contributed by atoms with van der Waals surface area (Å²) in [5.74, 6) is 0.735. The van der Waals surface area contributed by atoms with Crippen LogP contribution < -0.4 is 10.3 Å². The highest BCUT2D eigenvalue weighted by atomic mass is 35.5. The molecule has 0 unspecified atom stereocenters. The molecule has 4 heterocycles. The minimum Gasteiger partial charge on any atom is -0.310 e. The number of hydrogen-bond donors (Lipinski definition) is 1. The summed E-state index contributed by atoms with van der Waals surface area (Å²) in [7, 11) is -1.68. The van der Waals surface area contributed by atoms with Crippen LogP contribution >= 0.6 is 11.6 Å². The molecule has 0 amide bonds. The number of piperidine rings is 2. The minimum absolute atomic E-state index is 0.0784. The van der Waals surface area contributed by atoms with Crippen molar-refractivity contribution in [3.05, 3.63) is 57.5 Å². The van der Waals surface area contributed by atoms with Crippen molar-refractivity contribution >= 4 is 27.3 Å². The first-order valence-electron chi connectivity index (χ1n) is 11.2. The Morgan fingerprint density at radius 3 is 2.44 bits per heavy atom. The number of likely N-dealkylation sites (tertiary alicyclic amines) is 2. The summed E-state index contributed by atoms with van der Waals surface area (Å²) in [5.41, 5.74) is 0.858. The second kappa shape index (κ2) is 8.48. The van der Waals surface area contributed by atoms with Crippen molar-refractivity contribution in [2.75, 3.05) is 37.9 Å². The Balaban J connectivity index is 1.37. The van der Waals surface area contributed by atoms with Crippen LogP contribution in [0.5, 0.6) is 0 Å². The van der Waals surface area contributed by atoms with E-state index in [-0.39, 0.29) is 16.1 Å². The third-order valence-corrected chi connectivity index (χ3v) is 8.84. The monoisotopic (exact) mass is 476 g/mol. The van der Waals surface area contributed by atoms with Crippen LogP contribution in [0.4, 0.5) is 5.69 Å². The second-order valence-corrected chi connectivity index (χ2v) is 11.6. The van der Waals surface area contributed by atoms with Crippen molar-refractivity contribution in [1.29, 1.82) is 0 Å². The van der Waals surface area contributed by atoms with E-state index in [1.165, 1.54) is 37.1 Å². The molecular formula is C23H29ClN4O3S. The zero-order valence-electron chi connectivity index (χ0n) is 18.2. The topological polar surface area (TPSA) is 74.7 Å². The summed E-state index contributed by atoms with van der Waals surface area (Å²) in [4.78, 5) is 18.3. The zero-order valence-corrected chi connectivity index (χ0v) is 19.8. The van der Waals surface area contributed by atoms with Gasteiger partial charge in [0.05, 0.1) is 4.90 Å². The Kier molecular flexibility index (Phi) is 5.82. The summed E-state index contributed by atoms with van der Waals surface area (Å²) in [6, 6.07) is 10.1. The van der Waals surface area contributed by atoms with E-state index in [9.17, 15) is 13.2 Å². The van der Waals surface area contributed by atoms with Crippen molar-refractivity contribution in [1.82, 2.24) is 14.4 Å². The molecule has 1 aromatic carbocycles. The number of anilines is 1. The highest BCUT2D eigenvalue weighted by molar-refractivity contribution is 7.92. The van der Waals surface area contributed by atoms with Crippen molar-refractivity contribution < 1.29 is 8.42 Å². The maximum Gasteiger partial charge on any atom is 0.275 e. The lowest BCUT2D eigenvalue weighted by atomic mass is 9.82. The van der Waals surface area contributed by atoms with Gasteiger partial charge in [0.2, 0.25) is 0 Å². The smallest absolute Gasteiger partial charge is 0.275 e. The number of benzene rings is 1.